The SMILES string of the molecule is COc1ccccc1-n1c(SCC(=O)NCC(C)C)nc2ccccc2c1=O. The monoisotopic (exact) mass is 397 g/mol. The zero-order chi connectivity index (χ0) is 20.1. The molecule has 0 aliphatic heterocycles. The molecule has 3 rings (SSSR count). The lowest BCUT2D eigenvalue weighted by molar-refractivity contribution is -0.118. The molecule has 2 aromatic carbocycles. The molecule has 0 saturated carbocycles. The molecule has 0 aliphatic carbocycles. The number of fused-ring (bicyclic) bond motifs is 1. The van der Waals surface area contributed by atoms with Crippen molar-refractivity contribution in [2.75, 3.05) is 19.4 Å². The van der Waals surface area contributed by atoms with E-state index in [-0.39, 0.29) is 17.2 Å². The maximum Gasteiger partial charge on any atom is 0.266 e. The lowest BCUT2D eigenvalue weighted by atomic mass is 10.2. The van der Waals surface area contributed by atoms with Crippen molar-refractivity contribution in [1.82, 2.24) is 14.9 Å². The first-order chi connectivity index (χ1) is 13.5. The molecule has 0 aliphatic rings. The molecule has 146 valence electrons. The maximum atomic E-state index is 13.2. The van der Waals surface area contributed by atoms with Crippen molar-refractivity contribution < 1.29 is 9.53 Å². The number of carbonyl (C=O) groups excluding carboxylic acids is 1. The number of nitrogens with one attached hydrogen (secondary N) is 1. The highest BCUT2D eigenvalue weighted by atomic mass is 32.2. The number of nitrogens with zero attached hydrogens (tertiary/aromatic N) is 2. The zero-order valence-electron chi connectivity index (χ0n) is 16.1. The number of methoxy groups -OCH3 is 1. The molecular formula is C21H23N3O3S. The van der Waals surface area contributed by atoms with Crippen molar-refractivity contribution in [1.29, 1.82) is 0 Å². The molecule has 0 atom stereocenters. The standard InChI is InChI=1S/C21H23N3O3S/c1-14(2)12-22-19(25)13-28-21-23-16-9-5-4-8-15(16)20(26)24(21)17-10-6-7-11-18(17)27-3/h4-11,14H,12-13H2,1-3H3,(H,22,25). The number of benzene rings is 2. The Morgan fingerprint density at radius 3 is 2.64 bits per heavy atom. The topological polar surface area (TPSA) is 73.2 Å². The number of ether oxygens (including phenoxy) is 1. The van der Waals surface area contributed by atoms with Gasteiger partial charge in [-0.05, 0) is 30.2 Å². The molecule has 0 spiro atoms. The summed E-state index contributed by atoms with van der Waals surface area (Å²) in [7, 11) is 1.56. The van der Waals surface area contributed by atoms with Crippen LogP contribution in [-0.4, -0.2) is 34.9 Å². The Balaban J connectivity index is 2.05. The van der Waals surface area contributed by atoms with Gasteiger partial charge in [0.05, 0.1) is 29.5 Å². The van der Waals surface area contributed by atoms with E-state index in [4.69, 9.17) is 4.74 Å². The van der Waals surface area contributed by atoms with Gasteiger partial charge in [0.1, 0.15) is 5.75 Å². The third-order valence-electron chi connectivity index (χ3n) is 4.11. The van der Waals surface area contributed by atoms with Gasteiger partial charge >= 0.3 is 0 Å². The Hall–Kier alpha value is -2.80. The molecule has 1 N–H and O–H groups in total. The van der Waals surface area contributed by atoms with Gasteiger partial charge in [-0.15, -0.1) is 0 Å². The van der Waals surface area contributed by atoms with Crippen molar-refractivity contribution in [3.8, 4) is 11.4 Å². The van der Waals surface area contributed by atoms with Gasteiger partial charge in [-0.2, -0.15) is 0 Å². The second-order valence-electron chi connectivity index (χ2n) is 6.71. The molecule has 0 fully saturated rings. The van der Waals surface area contributed by atoms with Gasteiger partial charge in [-0.25, -0.2) is 4.98 Å². The summed E-state index contributed by atoms with van der Waals surface area (Å²) < 4.78 is 6.95. The lowest BCUT2D eigenvalue weighted by Crippen LogP contribution is -2.29. The summed E-state index contributed by atoms with van der Waals surface area (Å²) in [5.74, 6) is 1.02. The normalized spacial score (nSPS) is 11.0. The van der Waals surface area contributed by atoms with Gasteiger partial charge < -0.3 is 10.1 Å². The predicted octanol–water partition coefficient (Wildman–Crippen LogP) is 3.26. The molecule has 0 bridgehead atoms. The molecule has 0 radical (unpaired) electrons. The van der Waals surface area contributed by atoms with E-state index in [0.29, 0.717) is 40.0 Å². The molecule has 0 saturated heterocycles. The van der Waals surface area contributed by atoms with Crippen LogP contribution in [0.15, 0.2) is 58.5 Å². The molecule has 28 heavy (non-hydrogen) atoms. The summed E-state index contributed by atoms with van der Waals surface area (Å²) in [4.78, 5) is 30.0. The van der Waals surface area contributed by atoms with Crippen LogP contribution >= 0.6 is 11.8 Å². The number of carbonyl (C=O) groups is 1. The summed E-state index contributed by atoms with van der Waals surface area (Å²) >= 11 is 1.23. The smallest absolute Gasteiger partial charge is 0.266 e. The van der Waals surface area contributed by atoms with Crippen molar-refractivity contribution in [2.24, 2.45) is 5.92 Å². The Morgan fingerprint density at radius 1 is 1.18 bits per heavy atom. The highest BCUT2D eigenvalue weighted by molar-refractivity contribution is 7.99. The highest BCUT2D eigenvalue weighted by Crippen LogP contribution is 2.26. The summed E-state index contributed by atoms with van der Waals surface area (Å²) in [6, 6.07) is 14.5. The lowest BCUT2D eigenvalue weighted by Gasteiger charge is -2.15. The van der Waals surface area contributed by atoms with Crippen molar-refractivity contribution in [3.63, 3.8) is 0 Å². The second-order valence-corrected chi connectivity index (χ2v) is 7.65. The largest absolute Gasteiger partial charge is 0.495 e. The van der Waals surface area contributed by atoms with Crippen LogP contribution in [0.4, 0.5) is 0 Å². The molecular weight excluding hydrogens is 374 g/mol. The number of amides is 1. The average molecular weight is 398 g/mol. The third kappa shape index (κ3) is 4.36. The first kappa shape index (κ1) is 19.9. The summed E-state index contributed by atoms with van der Waals surface area (Å²) in [5, 5.41) is 3.85. The Kier molecular flexibility index (Phi) is 6.36. The van der Waals surface area contributed by atoms with E-state index in [1.165, 1.54) is 16.3 Å². The predicted molar refractivity (Wildman–Crippen MR) is 112 cm³/mol. The van der Waals surface area contributed by atoms with Crippen LogP contribution in [0, 0.1) is 5.92 Å². The van der Waals surface area contributed by atoms with E-state index in [1.807, 2.05) is 38.1 Å². The quantitative estimate of drug-likeness (QED) is 0.489. The highest BCUT2D eigenvalue weighted by Gasteiger charge is 2.17. The van der Waals surface area contributed by atoms with Gasteiger partial charge in [-0.1, -0.05) is 49.9 Å². The van der Waals surface area contributed by atoms with E-state index in [2.05, 4.69) is 10.3 Å². The van der Waals surface area contributed by atoms with Crippen molar-refractivity contribution in [2.45, 2.75) is 19.0 Å². The van der Waals surface area contributed by atoms with E-state index < -0.39 is 0 Å². The third-order valence-corrected chi connectivity index (χ3v) is 5.05. The van der Waals surface area contributed by atoms with Gasteiger partial charge in [0, 0.05) is 6.54 Å². The second kappa shape index (κ2) is 8.93. The van der Waals surface area contributed by atoms with Gasteiger partial charge in [0.15, 0.2) is 5.16 Å². The van der Waals surface area contributed by atoms with Crippen molar-refractivity contribution >= 4 is 28.6 Å². The Morgan fingerprint density at radius 2 is 1.89 bits per heavy atom. The average Bonchev–Trinajstić information content (AvgIpc) is 2.71. The molecule has 7 heteroatoms. The zero-order valence-corrected chi connectivity index (χ0v) is 17.0. The fourth-order valence-electron chi connectivity index (χ4n) is 2.74. The van der Waals surface area contributed by atoms with E-state index in [1.54, 1.807) is 31.4 Å². The summed E-state index contributed by atoms with van der Waals surface area (Å²) in [5.41, 5.74) is 1.00. The fraction of sp³-hybridized carbons (Fsp3) is 0.286. The maximum absolute atomic E-state index is 13.2. The van der Waals surface area contributed by atoms with E-state index in [0.717, 1.165) is 0 Å². The van der Waals surface area contributed by atoms with Gasteiger partial charge in [0.2, 0.25) is 5.91 Å². The molecule has 1 heterocycles. The summed E-state index contributed by atoms with van der Waals surface area (Å²) in [6.07, 6.45) is 0. The van der Waals surface area contributed by atoms with Gasteiger partial charge in [0.25, 0.3) is 5.56 Å². The molecule has 1 aromatic heterocycles. The van der Waals surface area contributed by atoms with Crippen LogP contribution in [0.1, 0.15) is 13.8 Å². The number of hydrogen-bond donors (Lipinski definition) is 1. The number of thioether (sulfide) groups is 1. The molecule has 1 amide bonds. The van der Waals surface area contributed by atoms with Crippen molar-refractivity contribution in [3.05, 3.63) is 58.9 Å². The minimum atomic E-state index is -0.194. The van der Waals surface area contributed by atoms with Gasteiger partial charge in [-0.3, -0.25) is 14.2 Å². The first-order valence-corrected chi connectivity index (χ1v) is 10.0. The Bertz CT molecular complexity index is 1050. The number of rotatable bonds is 7. The minimum absolute atomic E-state index is 0.0901. The number of hydrogen-bond acceptors (Lipinski definition) is 5. The Labute approximate surface area is 167 Å². The van der Waals surface area contributed by atoms with Crippen LogP contribution in [0.25, 0.3) is 16.6 Å². The fourth-order valence-corrected chi connectivity index (χ4v) is 3.57. The van der Waals surface area contributed by atoms with Crippen LogP contribution in [0.3, 0.4) is 0 Å². The minimum Gasteiger partial charge on any atom is -0.495 e. The molecule has 3 aromatic rings. The van der Waals surface area contributed by atoms with E-state index >= 15 is 0 Å². The van der Waals surface area contributed by atoms with Crippen LogP contribution in [0.5, 0.6) is 5.75 Å². The number of aromatic nitrogens is 2. The first-order valence-electron chi connectivity index (χ1n) is 9.06. The molecule has 0 unspecified atom stereocenters. The van der Waals surface area contributed by atoms with Crippen LogP contribution < -0.4 is 15.6 Å². The van der Waals surface area contributed by atoms with E-state index in [9.17, 15) is 9.59 Å². The number of para-hydroxylation sites is 3. The summed E-state index contributed by atoms with van der Waals surface area (Å²) in [6.45, 7) is 4.69. The van der Waals surface area contributed by atoms with Crippen LogP contribution in [0.2, 0.25) is 0 Å². The molecule has 6 nitrogen and oxygen atoms in total. The van der Waals surface area contributed by atoms with Crippen LogP contribution in [-0.2, 0) is 4.79 Å².